The third-order valence-electron chi connectivity index (χ3n) is 2.93. The fourth-order valence-electron chi connectivity index (χ4n) is 2.02. The average Bonchev–Trinajstić information content (AvgIpc) is 2.47. The van der Waals surface area contributed by atoms with E-state index in [4.69, 9.17) is 9.47 Å². The number of methoxy groups -OCH3 is 2. The van der Waals surface area contributed by atoms with Crippen molar-refractivity contribution >= 4 is 15.9 Å². The molecule has 1 atom stereocenters. The lowest BCUT2D eigenvalue weighted by atomic mass is 10.0. The summed E-state index contributed by atoms with van der Waals surface area (Å²) in [6, 6.07) is 4.30. The van der Waals surface area contributed by atoms with Crippen LogP contribution >= 0.6 is 15.9 Å². The van der Waals surface area contributed by atoms with E-state index < -0.39 is 0 Å². The number of halogens is 2. The molecule has 1 aromatic heterocycles. The van der Waals surface area contributed by atoms with Crippen LogP contribution in [0.5, 0.6) is 11.8 Å². The summed E-state index contributed by atoms with van der Waals surface area (Å²) in [5.41, 5.74) is 1.26. The van der Waals surface area contributed by atoms with Gasteiger partial charge in [0, 0.05) is 4.47 Å². The molecule has 2 aromatic rings. The van der Waals surface area contributed by atoms with Crippen molar-refractivity contribution in [3.05, 3.63) is 45.9 Å². The summed E-state index contributed by atoms with van der Waals surface area (Å²) < 4.78 is 24.5. The highest BCUT2D eigenvalue weighted by Gasteiger charge is 2.21. The van der Waals surface area contributed by atoms with E-state index in [9.17, 15) is 4.39 Å². The molecule has 0 aliphatic heterocycles. The first-order valence-corrected chi connectivity index (χ1v) is 6.96. The molecule has 0 bridgehead atoms. The highest BCUT2D eigenvalue weighted by atomic mass is 79.9. The van der Waals surface area contributed by atoms with Gasteiger partial charge in [-0.3, -0.25) is 0 Å². The Labute approximate surface area is 130 Å². The Balaban J connectivity index is 2.50. The largest absolute Gasteiger partial charge is 0.480 e. The first-order valence-electron chi connectivity index (χ1n) is 6.17. The maximum Gasteiger partial charge on any atom is 0.240 e. The van der Waals surface area contributed by atoms with Gasteiger partial charge in [-0.1, -0.05) is 15.9 Å². The first-order chi connectivity index (χ1) is 10.1. The number of benzene rings is 1. The predicted molar refractivity (Wildman–Crippen MR) is 80.1 cm³/mol. The monoisotopic (exact) mass is 355 g/mol. The number of nitrogens with one attached hydrogen (secondary N) is 1. The zero-order valence-corrected chi connectivity index (χ0v) is 13.4. The van der Waals surface area contributed by atoms with E-state index >= 15 is 0 Å². The Bertz CT molecular complexity index is 619. The van der Waals surface area contributed by atoms with Gasteiger partial charge in [0.15, 0.2) is 0 Å². The van der Waals surface area contributed by atoms with Crippen LogP contribution < -0.4 is 14.8 Å². The number of ether oxygens (including phenoxy) is 2. The molecule has 0 amide bonds. The van der Waals surface area contributed by atoms with Crippen LogP contribution in [0.25, 0.3) is 0 Å². The fourth-order valence-corrected chi connectivity index (χ4v) is 2.50. The fraction of sp³-hybridized carbons (Fsp3) is 0.286. The minimum Gasteiger partial charge on any atom is -0.480 e. The second-order valence-electron chi connectivity index (χ2n) is 4.23. The Kier molecular flexibility index (Phi) is 5.08. The highest BCUT2D eigenvalue weighted by Crippen LogP contribution is 2.30. The number of hydrogen-bond donors (Lipinski definition) is 1. The maximum absolute atomic E-state index is 13.6. The second kappa shape index (κ2) is 6.82. The van der Waals surface area contributed by atoms with Crippen LogP contribution in [0.1, 0.15) is 17.3 Å². The third kappa shape index (κ3) is 3.48. The highest BCUT2D eigenvalue weighted by molar-refractivity contribution is 9.10. The van der Waals surface area contributed by atoms with Gasteiger partial charge in [0.1, 0.15) is 11.5 Å². The van der Waals surface area contributed by atoms with Gasteiger partial charge in [-0.25, -0.2) is 9.37 Å². The van der Waals surface area contributed by atoms with Gasteiger partial charge in [0.05, 0.1) is 26.5 Å². The second-order valence-corrected chi connectivity index (χ2v) is 5.15. The lowest BCUT2D eigenvalue weighted by molar-refractivity contribution is 0.353. The summed E-state index contributed by atoms with van der Waals surface area (Å²) in [6.07, 6.45) is 1.50. The van der Waals surface area contributed by atoms with Crippen LogP contribution in [0, 0.1) is 5.82 Å². The Hall–Kier alpha value is -1.73. The van der Waals surface area contributed by atoms with Gasteiger partial charge in [-0.05, 0) is 30.8 Å². The molecular weight excluding hydrogens is 341 g/mol. The summed E-state index contributed by atoms with van der Waals surface area (Å²) in [5, 5.41) is 3.09. The SMILES string of the molecule is CNC(c1cc(F)cc(Br)c1)c1ncc(OC)nc1OC. The Morgan fingerprint density at radius 2 is 2.00 bits per heavy atom. The van der Waals surface area contributed by atoms with Gasteiger partial charge < -0.3 is 14.8 Å². The van der Waals surface area contributed by atoms with E-state index in [1.807, 2.05) is 6.07 Å². The molecule has 21 heavy (non-hydrogen) atoms. The molecule has 1 unspecified atom stereocenters. The van der Waals surface area contributed by atoms with Crippen LogP contribution in [-0.2, 0) is 0 Å². The number of rotatable bonds is 5. The van der Waals surface area contributed by atoms with Crippen molar-refractivity contribution in [3.8, 4) is 11.8 Å². The Morgan fingerprint density at radius 3 is 2.57 bits per heavy atom. The van der Waals surface area contributed by atoms with Crippen LogP contribution in [0.4, 0.5) is 4.39 Å². The third-order valence-corrected chi connectivity index (χ3v) is 3.39. The molecule has 7 heteroatoms. The van der Waals surface area contributed by atoms with Gasteiger partial charge in [-0.2, -0.15) is 4.98 Å². The molecule has 1 heterocycles. The quantitative estimate of drug-likeness (QED) is 0.893. The van der Waals surface area contributed by atoms with Crippen molar-refractivity contribution in [1.82, 2.24) is 15.3 Å². The molecule has 0 spiro atoms. The lowest BCUT2D eigenvalue weighted by Crippen LogP contribution is -2.20. The van der Waals surface area contributed by atoms with Gasteiger partial charge in [0.25, 0.3) is 0 Å². The normalized spacial score (nSPS) is 12.0. The van der Waals surface area contributed by atoms with E-state index in [2.05, 4.69) is 31.2 Å². The van der Waals surface area contributed by atoms with Crippen LogP contribution in [-0.4, -0.2) is 31.2 Å². The van der Waals surface area contributed by atoms with Crippen molar-refractivity contribution in [2.75, 3.05) is 21.3 Å². The van der Waals surface area contributed by atoms with Gasteiger partial charge in [-0.15, -0.1) is 0 Å². The molecule has 0 saturated carbocycles. The molecule has 1 aromatic carbocycles. The molecule has 0 aliphatic rings. The number of hydrogen-bond acceptors (Lipinski definition) is 5. The van der Waals surface area contributed by atoms with E-state index in [-0.39, 0.29) is 11.9 Å². The van der Waals surface area contributed by atoms with Crippen molar-refractivity contribution < 1.29 is 13.9 Å². The maximum atomic E-state index is 13.6. The summed E-state index contributed by atoms with van der Waals surface area (Å²) >= 11 is 3.29. The van der Waals surface area contributed by atoms with Gasteiger partial charge in [0.2, 0.25) is 11.8 Å². The minimum absolute atomic E-state index is 0.328. The van der Waals surface area contributed by atoms with E-state index in [0.29, 0.717) is 27.5 Å². The molecule has 2 rings (SSSR count). The molecule has 0 radical (unpaired) electrons. The van der Waals surface area contributed by atoms with E-state index in [0.717, 1.165) is 0 Å². The zero-order valence-electron chi connectivity index (χ0n) is 11.9. The van der Waals surface area contributed by atoms with Gasteiger partial charge >= 0.3 is 0 Å². The van der Waals surface area contributed by atoms with E-state index in [1.165, 1.54) is 32.5 Å². The standard InChI is InChI=1S/C14H15BrFN3O2/c1-17-12(8-4-9(15)6-10(16)5-8)13-14(21-3)19-11(20-2)7-18-13/h4-7,12,17H,1-3H3. The van der Waals surface area contributed by atoms with Crippen molar-refractivity contribution in [2.24, 2.45) is 0 Å². The molecule has 0 fully saturated rings. The van der Waals surface area contributed by atoms with Crippen molar-refractivity contribution in [3.63, 3.8) is 0 Å². The smallest absolute Gasteiger partial charge is 0.240 e. The topological polar surface area (TPSA) is 56.3 Å². The zero-order chi connectivity index (χ0) is 15.4. The molecule has 0 saturated heterocycles. The number of nitrogens with zero attached hydrogens (tertiary/aromatic N) is 2. The molecule has 112 valence electrons. The van der Waals surface area contributed by atoms with Crippen molar-refractivity contribution in [2.45, 2.75) is 6.04 Å². The van der Waals surface area contributed by atoms with Crippen molar-refractivity contribution in [1.29, 1.82) is 0 Å². The van der Waals surface area contributed by atoms with Crippen LogP contribution in [0.15, 0.2) is 28.9 Å². The van der Waals surface area contributed by atoms with E-state index in [1.54, 1.807) is 7.05 Å². The molecule has 5 nitrogen and oxygen atoms in total. The first kappa shape index (κ1) is 15.7. The van der Waals surface area contributed by atoms with Crippen LogP contribution in [0.2, 0.25) is 0 Å². The summed E-state index contributed by atoms with van der Waals surface area (Å²) in [4.78, 5) is 8.51. The lowest BCUT2D eigenvalue weighted by Gasteiger charge is -2.18. The molecule has 1 N–H and O–H groups in total. The Morgan fingerprint density at radius 1 is 1.24 bits per heavy atom. The predicted octanol–water partition coefficient (Wildman–Crippen LogP) is 2.70. The number of aromatic nitrogens is 2. The average molecular weight is 356 g/mol. The minimum atomic E-state index is -0.356. The van der Waals surface area contributed by atoms with Crippen LogP contribution in [0.3, 0.4) is 0 Å². The summed E-state index contributed by atoms with van der Waals surface area (Å²) in [6.45, 7) is 0. The molecular formula is C14H15BrFN3O2. The summed E-state index contributed by atoms with van der Waals surface area (Å²) in [7, 11) is 4.76. The molecule has 0 aliphatic carbocycles. The summed E-state index contributed by atoms with van der Waals surface area (Å²) in [5.74, 6) is 0.347.